The zero-order valence-electron chi connectivity index (χ0n) is 14.1. The van der Waals surface area contributed by atoms with Gasteiger partial charge in [-0.3, -0.25) is 0 Å². The Morgan fingerprint density at radius 3 is 2.35 bits per heavy atom. The van der Waals surface area contributed by atoms with Crippen LogP contribution in [0, 0.1) is 22.7 Å². The summed E-state index contributed by atoms with van der Waals surface area (Å²) in [6, 6.07) is 26.6. The number of hydrogen-bond donors (Lipinski definition) is 0. The topological polar surface area (TPSA) is 52.5 Å². The summed E-state index contributed by atoms with van der Waals surface area (Å²) in [7, 11) is 0. The van der Waals surface area contributed by atoms with Crippen molar-refractivity contribution in [3.8, 4) is 12.1 Å². The molecule has 0 radical (unpaired) electrons. The molecule has 0 aliphatic heterocycles. The van der Waals surface area contributed by atoms with Crippen molar-refractivity contribution in [2.45, 2.75) is 6.54 Å². The quantitative estimate of drug-likeness (QED) is 0.479. The summed E-state index contributed by atoms with van der Waals surface area (Å²) >= 11 is 0. The summed E-state index contributed by atoms with van der Waals surface area (Å²) in [5, 5.41) is 21.6. The van der Waals surface area contributed by atoms with Gasteiger partial charge in [0.25, 0.3) is 0 Å². The van der Waals surface area contributed by atoms with Gasteiger partial charge in [0.15, 0.2) is 0 Å². The van der Waals surface area contributed by atoms with Crippen molar-refractivity contribution >= 4 is 27.8 Å². The van der Waals surface area contributed by atoms with Gasteiger partial charge in [-0.2, -0.15) is 10.5 Å². The van der Waals surface area contributed by atoms with Crippen LogP contribution in [0.4, 0.5) is 0 Å². The van der Waals surface area contributed by atoms with E-state index in [2.05, 4.69) is 47.0 Å². The number of benzene rings is 3. The first-order chi connectivity index (χ1) is 12.8. The van der Waals surface area contributed by atoms with E-state index in [0.29, 0.717) is 0 Å². The van der Waals surface area contributed by atoms with Crippen molar-refractivity contribution in [2.24, 2.45) is 0 Å². The second kappa shape index (κ2) is 6.59. The maximum Gasteiger partial charge on any atom is 0.130 e. The van der Waals surface area contributed by atoms with E-state index in [1.165, 1.54) is 16.3 Å². The Hall–Kier alpha value is -3.82. The molecule has 1 aromatic heterocycles. The molecule has 0 saturated heterocycles. The number of para-hydroxylation sites is 1. The number of allylic oxidation sites excluding steroid dienone is 1. The van der Waals surface area contributed by atoms with Crippen LogP contribution in [0.5, 0.6) is 0 Å². The van der Waals surface area contributed by atoms with Crippen LogP contribution >= 0.6 is 0 Å². The van der Waals surface area contributed by atoms with Crippen LogP contribution in [0.2, 0.25) is 0 Å². The minimum Gasteiger partial charge on any atom is -0.342 e. The van der Waals surface area contributed by atoms with E-state index in [9.17, 15) is 0 Å². The maximum atomic E-state index is 9.07. The lowest BCUT2D eigenvalue weighted by Gasteiger charge is -2.09. The molecule has 26 heavy (non-hydrogen) atoms. The summed E-state index contributed by atoms with van der Waals surface area (Å²) in [6.07, 6.45) is 3.67. The highest BCUT2D eigenvalue weighted by Crippen LogP contribution is 2.26. The first kappa shape index (κ1) is 15.7. The number of nitriles is 2. The second-order valence-electron chi connectivity index (χ2n) is 6.15. The number of aromatic nitrogens is 1. The molecule has 3 nitrogen and oxygen atoms in total. The fourth-order valence-electron chi connectivity index (χ4n) is 3.38. The SMILES string of the molecule is N#CC(C#N)=Cc1cn(Cc2cccc3ccccc23)c2ccccc12. The van der Waals surface area contributed by atoms with Crippen molar-refractivity contribution in [1.82, 2.24) is 4.57 Å². The summed E-state index contributed by atoms with van der Waals surface area (Å²) in [5.41, 5.74) is 3.32. The Labute approximate surface area is 151 Å². The lowest BCUT2D eigenvalue weighted by Crippen LogP contribution is -1.98. The number of fused-ring (bicyclic) bond motifs is 2. The first-order valence-electron chi connectivity index (χ1n) is 8.36. The van der Waals surface area contributed by atoms with Gasteiger partial charge in [-0.1, -0.05) is 60.7 Å². The summed E-state index contributed by atoms with van der Waals surface area (Å²) in [4.78, 5) is 0. The molecular weight excluding hydrogens is 318 g/mol. The molecule has 4 rings (SSSR count). The molecular formula is C23H15N3. The maximum absolute atomic E-state index is 9.07. The van der Waals surface area contributed by atoms with E-state index >= 15 is 0 Å². The minimum atomic E-state index is 0.109. The van der Waals surface area contributed by atoms with Crippen LogP contribution in [-0.2, 0) is 6.54 Å². The van der Waals surface area contributed by atoms with E-state index < -0.39 is 0 Å². The van der Waals surface area contributed by atoms with E-state index in [4.69, 9.17) is 10.5 Å². The van der Waals surface area contributed by atoms with Gasteiger partial charge in [0, 0.05) is 29.2 Å². The predicted octanol–water partition coefficient (Wildman–Crippen LogP) is 5.27. The number of hydrogen-bond acceptors (Lipinski definition) is 2. The van der Waals surface area contributed by atoms with Crippen LogP contribution in [-0.4, -0.2) is 4.57 Å². The predicted molar refractivity (Wildman–Crippen MR) is 104 cm³/mol. The number of rotatable bonds is 3. The molecule has 0 saturated carbocycles. The second-order valence-corrected chi connectivity index (χ2v) is 6.15. The largest absolute Gasteiger partial charge is 0.342 e. The van der Waals surface area contributed by atoms with E-state index in [0.717, 1.165) is 23.0 Å². The first-order valence-corrected chi connectivity index (χ1v) is 8.36. The van der Waals surface area contributed by atoms with Gasteiger partial charge in [-0.25, -0.2) is 0 Å². The third-order valence-corrected chi connectivity index (χ3v) is 4.58. The standard InChI is InChI=1S/C23H15N3/c24-13-17(14-25)12-20-16-26(23-11-4-3-10-22(20)23)15-19-8-5-7-18-6-1-2-9-21(18)19/h1-12,16H,15H2. The van der Waals surface area contributed by atoms with Gasteiger partial charge in [0.05, 0.1) is 0 Å². The lowest BCUT2D eigenvalue weighted by atomic mass is 10.0. The highest BCUT2D eigenvalue weighted by atomic mass is 15.0. The molecule has 0 fully saturated rings. The van der Waals surface area contributed by atoms with Gasteiger partial charge in [0.2, 0.25) is 0 Å². The molecule has 3 aromatic carbocycles. The Balaban J connectivity index is 1.86. The molecule has 0 amide bonds. The molecule has 0 unspecified atom stereocenters. The average molecular weight is 333 g/mol. The van der Waals surface area contributed by atoms with Crippen LogP contribution in [0.3, 0.4) is 0 Å². The lowest BCUT2D eigenvalue weighted by molar-refractivity contribution is 0.842. The molecule has 0 spiro atoms. The van der Waals surface area contributed by atoms with Gasteiger partial charge in [0.1, 0.15) is 17.7 Å². The molecule has 0 aliphatic carbocycles. The van der Waals surface area contributed by atoms with Crippen molar-refractivity contribution in [2.75, 3.05) is 0 Å². The Morgan fingerprint density at radius 2 is 1.54 bits per heavy atom. The number of nitrogens with zero attached hydrogens (tertiary/aromatic N) is 3. The molecule has 3 heteroatoms. The monoisotopic (exact) mass is 333 g/mol. The summed E-state index contributed by atoms with van der Waals surface area (Å²) in [5.74, 6) is 0. The Bertz CT molecular complexity index is 1210. The molecule has 0 aliphatic rings. The van der Waals surface area contributed by atoms with Gasteiger partial charge < -0.3 is 4.57 Å². The van der Waals surface area contributed by atoms with Crippen LogP contribution in [0.15, 0.2) is 78.5 Å². The highest BCUT2D eigenvalue weighted by molar-refractivity contribution is 5.91. The molecule has 122 valence electrons. The van der Waals surface area contributed by atoms with Crippen molar-refractivity contribution in [1.29, 1.82) is 10.5 Å². The van der Waals surface area contributed by atoms with Crippen molar-refractivity contribution < 1.29 is 0 Å². The third kappa shape index (κ3) is 2.73. The van der Waals surface area contributed by atoms with Gasteiger partial charge in [-0.05, 0) is 28.5 Å². The van der Waals surface area contributed by atoms with Gasteiger partial charge >= 0.3 is 0 Å². The van der Waals surface area contributed by atoms with Gasteiger partial charge in [-0.15, -0.1) is 0 Å². The van der Waals surface area contributed by atoms with Crippen LogP contribution in [0.1, 0.15) is 11.1 Å². The zero-order valence-corrected chi connectivity index (χ0v) is 14.1. The summed E-state index contributed by atoms with van der Waals surface area (Å²) in [6.45, 7) is 0.726. The Kier molecular flexibility index (Phi) is 3.98. The van der Waals surface area contributed by atoms with E-state index in [1.807, 2.05) is 42.6 Å². The van der Waals surface area contributed by atoms with Crippen LogP contribution in [0.25, 0.3) is 27.8 Å². The molecule has 0 bridgehead atoms. The molecule has 0 atom stereocenters. The van der Waals surface area contributed by atoms with E-state index in [-0.39, 0.29) is 5.57 Å². The smallest absolute Gasteiger partial charge is 0.130 e. The normalized spacial score (nSPS) is 10.4. The van der Waals surface area contributed by atoms with E-state index in [1.54, 1.807) is 6.08 Å². The molecule has 4 aromatic rings. The van der Waals surface area contributed by atoms with Crippen molar-refractivity contribution in [3.63, 3.8) is 0 Å². The fourth-order valence-corrected chi connectivity index (χ4v) is 3.38. The third-order valence-electron chi connectivity index (χ3n) is 4.58. The van der Waals surface area contributed by atoms with Crippen LogP contribution < -0.4 is 0 Å². The van der Waals surface area contributed by atoms with Crippen molar-refractivity contribution in [3.05, 3.63) is 89.6 Å². The Morgan fingerprint density at radius 1 is 0.846 bits per heavy atom. The summed E-state index contributed by atoms with van der Waals surface area (Å²) < 4.78 is 2.18. The molecule has 0 N–H and O–H groups in total. The zero-order chi connectivity index (χ0) is 17.9. The minimum absolute atomic E-state index is 0.109. The highest BCUT2D eigenvalue weighted by Gasteiger charge is 2.09. The molecule has 1 heterocycles. The average Bonchev–Trinajstić information content (AvgIpc) is 3.04. The fraction of sp³-hybridized carbons (Fsp3) is 0.0435.